The van der Waals surface area contributed by atoms with Crippen molar-refractivity contribution >= 4 is 0 Å². The first kappa shape index (κ1) is 16.3. The summed E-state index contributed by atoms with van der Waals surface area (Å²) in [6.07, 6.45) is 6.16. The summed E-state index contributed by atoms with van der Waals surface area (Å²) in [7, 11) is 0. The van der Waals surface area contributed by atoms with Gasteiger partial charge in [0, 0.05) is 12.6 Å². The summed E-state index contributed by atoms with van der Waals surface area (Å²) in [5, 5.41) is 10.3. The molecular formula is C18H29NO2. The van der Waals surface area contributed by atoms with Crippen molar-refractivity contribution in [1.82, 2.24) is 4.90 Å². The van der Waals surface area contributed by atoms with Crippen molar-refractivity contribution in [3.8, 4) is 5.75 Å². The summed E-state index contributed by atoms with van der Waals surface area (Å²) in [5.74, 6) is 0.872. The van der Waals surface area contributed by atoms with Gasteiger partial charge in [-0.1, -0.05) is 44.4 Å². The van der Waals surface area contributed by atoms with E-state index in [1.165, 1.54) is 32.1 Å². The second kappa shape index (κ2) is 8.40. The Labute approximate surface area is 128 Å². The molecule has 1 aromatic rings. The van der Waals surface area contributed by atoms with Gasteiger partial charge in [-0.15, -0.1) is 0 Å². The second-order valence-corrected chi connectivity index (χ2v) is 6.11. The molecule has 0 radical (unpaired) electrons. The van der Waals surface area contributed by atoms with Crippen LogP contribution < -0.4 is 4.74 Å². The number of benzene rings is 1. The summed E-state index contributed by atoms with van der Waals surface area (Å²) in [6, 6.07) is 8.61. The predicted molar refractivity (Wildman–Crippen MR) is 86.8 cm³/mol. The molecule has 0 aromatic heterocycles. The molecule has 1 unspecified atom stereocenters. The molecule has 0 amide bonds. The van der Waals surface area contributed by atoms with Gasteiger partial charge in [0.1, 0.15) is 18.5 Å². The highest BCUT2D eigenvalue weighted by molar-refractivity contribution is 5.31. The van der Waals surface area contributed by atoms with E-state index >= 15 is 0 Å². The topological polar surface area (TPSA) is 32.7 Å². The molecule has 2 rings (SSSR count). The first-order chi connectivity index (χ1) is 10.2. The van der Waals surface area contributed by atoms with Crippen molar-refractivity contribution in [1.29, 1.82) is 0 Å². The Hall–Kier alpha value is -1.06. The van der Waals surface area contributed by atoms with Crippen LogP contribution in [0.25, 0.3) is 0 Å². The van der Waals surface area contributed by atoms with Gasteiger partial charge in [-0.3, -0.25) is 4.90 Å². The van der Waals surface area contributed by atoms with Crippen LogP contribution in [0.1, 0.15) is 44.6 Å². The number of para-hydroxylation sites is 1. The van der Waals surface area contributed by atoms with Crippen molar-refractivity contribution in [3.05, 3.63) is 29.8 Å². The largest absolute Gasteiger partial charge is 0.491 e. The summed E-state index contributed by atoms with van der Waals surface area (Å²) >= 11 is 0. The molecule has 21 heavy (non-hydrogen) atoms. The maximum atomic E-state index is 10.3. The Kier molecular flexibility index (Phi) is 6.52. The van der Waals surface area contributed by atoms with Crippen LogP contribution in [0, 0.1) is 6.92 Å². The third-order valence-corrected chi connectivity index (χ3v) is 4.47. The van der Waals surface area contributed by atoms with Crippen molar-refractivity contribution in [2.24, 2.45) is 0 Å². The molecule has 1 N–H and O–H groups in total. The highest BCUT2D eigenvalue weighted by Gasteiger charge is 2.22. The van der Waals surface area contributed by atoms with Gasteiger partial charge in [0.15, 0.2) is 0 Å². The SMILES string of the molecule is CCN(CC(O)COc1ccccc1C)C1CCCCC1. The molecule has 1 aliphatic carbocycles. The Bertz CT molecular complexity index is 415. The number of ether oxygens (including phenoxy) is 1. The third-order valence-electron chi connectivity index (χ3n) is 4.47. The second-order valence-electron chi connectivity index (χ2n) is 6.11. The number of hydrogen-bond acceptors (Lipinski definition) is 3. The number of aryl methyl sites for hydroxylation is 1. The Morgan fingerprint density at radius 1 is 1.24 bits per heavy atom. The fraction of sp³-hybridized carbons (Fsp3) is 0.667. The first-order valence-electron chi connectivity index (χ1n) is 8.31. The molecule has 1 fully saturated rings. The lowest BCUT2D eigenvalue weighted by atomic mass is 9.94. The molecule has 1 atom stereocenters. The van der Waals surface area contributed by atoms with Crippen LogP contribution in [-0.4, -0.2) is 41.8 Å². The number of rotatable bonds is 7. The third kappa shape index (κ3) is 5.01. The lowest BCUT2D eigenvalue weighted by Gasteiger charge is -2.34. The highest BCUT2D eigenvalue weighted by atomic mass is 16.5. The van der Waals surface area contributed by atoms with Crippen LogP contribution in [0.5, 0.6) is 5.75 Å². The van der Waals surface area contributed by atoms with Gasteiger partial charge in [-0.25, -0.2) is 0 Å². The minimum atomic E-state index is -0.425. The lowest BCUT2D eigenvalue weighted by Crippen LogP contribution is -2.43. The number of hydrogen-bond donors (Lipinski definition) is 1. The van der Waals surface area contributed by atoms with E-state index in [1.54, 1.807) is 0 Å². The van der Waals surface area contributed by atoms with E-state index in [1.807, 2.05) is 31.2 Å². The fourth-order valence-electron chi connectivity index (χ4n) is 3.21. The molecule has 0 aliphatic heterocycles. The maximum absolute atomic E-state index is 10.3. The van der Waals surface area contributed by atoms with E-state index in [0.717, 1.165) is 17.9 Å². The van der Waals surface area contributed by atoms with E-state index < -0.39 is 6.10 Å². The molecule has 0 saturated heterocycles. The van der Waals surface area contributed by atoms with Gasteiger partial charge in [0.05, 0.1) is 0 Å². The minimum Gasteiger partial charge on any atom is -0.491 e. The average Bonchev–Trinajstić information content (AvgIpc) is 2.52. The molecule has 1 aliphatic rings. The smallest absolute Gasteiger partial charge is 0.122 e. The van der Waals surface area contributed by atoms with E-state index in [0.29, 0.717) is 19.2 Å². The van der Waals surface area contributed by atoms with Crippen LogP contribution in [0.4, 0.5) is 0 Å². The summed E-state index contributed by atoms with van der Waals surface area (Å²) < 4.78 is 5.75. The molecule has 0 spiro atoms. The Morgan fingerprint density at radius 2 is 1.95 bits per heavy atom. The van der Waals surface area contributed by atoms with Crippen LogP contribution in [0.2, 0.25) is 0 Å². The fourth-order valence-corrected chi connectivity index (χ4v) is 3.21. The predicted octanol–water partition coefficient (Wildman–Crippen LogP) is 3.39. The Balaban J connectivity index is 1.79. The lowest BCUT2D eigenvalue weighted by molar-refractivity contribution is 0.0462. The molecule has 3 nitrogen and oxygen atoms in total. The van der Waals surface area contributed by atoms with Gasteiger partial charge < -0.3 is 9.84 Å². The molecule has 118 valence electrons. The molecule has 3 heteroatoms. The van der Waals surface area contributed by atoms with Crippen molar-refractivity contribution in [3.63, 3.8) is 0 Å². The summed E-state index contributed by atoms with van der Waals surface area (Å²) in [5.41, 5.74) is 1.12. The number of nitrogens with zero attached hydrogens (tertiary/aromatic N) is 1. The number of aliphatic hydroxyl groups excluding tert-OH is 1. The van der Waals surface area contributed by atoms with E-state index in [4.69, 9.17) is 4.74 Å². The Morgan fingerprint density at radius 3 is 2.62 bits per heavy atom. The van der Waals surface area contributed by atoms with Gasteiger partial charge in [0.2, 0.25) is 0 Å². The van der Waals surface area contributed by atoms with Gasteiger partial charge in [-0.05, 0) is 37.9 Å². The zero-order valence-corrected chi connectivity index (χ0v) is 13.4. The molecule has 0 heterocycles. The van der Waals surface area contributed by atoms with Crippen LogP contribution in [0.3, 0.4) is 0 Å². The van der Waals surface area contributed by atoms with Crippen LogP contribution >= 0.6 is 0 Å². The molecular weight excluding hydrogens is 262 g/mol. The summed E-state index contributed by atoms with van der Waals surface area (Å²) in [4.78, 5) is 2.42. The number of likely N-dealkylation sites (N-methyl/N-ethyl adjacent to an activating group) is 1. The summed E-state index contributed by atoms with van der Waals surface area (Å²) in [6.45, 7) is 6.30. The maximum Gasteiger partial charge on any atom is 0.122 e. The zero-order valence-electron chi connectivity index (χ0n) is 13.4. The van der Waals surface area contributed by atoms with Gasteiger partial charge in [0.25, 0.3) is 0 Å². The van der Waals surface area contributed by atoms with Gasteiger partial charge >= 0.3 is 0 Å². The molecule has 1 aromatic carbocycles. The van der Waals surface area contributed by atoms with Crippen molar-refractivity contribution in [2.45, 2.75) is 58.1 Å². The van der Waals surface area contributed by atoms with E-state index in [-0.39, 0.29) is 0 Å². The highest BCUT2D eigenvalue weighted by Crippen LogP contribution is 2.23. The normalized spacial score (nSPS) is 17.9. The monoisotopic (exact) mass is 291 g/mol. The van der Waals surface area contributed by atoms with E-state index in [2.05, 4.69) is 11.8 Å². The average molecular weight is 291 g/mol. The van der Waals surface area contributed by atoms with Crippen molar-refractivity contribution < 1.29 is 9.84 Å². The zero-order chi connectivity index (χ0) is 15.1. The van der Waals surface area contributed by atoms with Crippen LogP contribution in [-0.2, 0) is 0 Å². The van der Waals surface area contributed by atoms with E-state index in [9.17, 15) is 5.11 Å². The van der Waals surface area contributed by atoms with Crippen LogP contribution in [0.15, 0.2) is 24.3 Å². The van der Waals surface area contributed by atoms with Crippen molar-refractivity contribution in [2.75, 3.05) is 19.7 Å². The minimum absolute atomic E-state index is 0.369. The number of aliphatic hydroxyl groups is 1. The first-order valence-corrected chi connectivity index (χ1v) is 8.31. The standard InChI is InChI=1S/C18H29NO2/c1-3-19(16-10-5-4-6-11-16)13-17(20)14-21-18-12-8-7-9-15(18)2/h7-9,12,16-17,20H,3-6,10-11,13-14H2,1-2H3. The molecule has 0 bridgehead atoms. The molecule has 1 saturated carbocycles. The van der Waals surface area contributed by atoms with Gasteiger partial charge in [-0.2, -0.15) is 0 Å². The quantitative estimate of drug-likeness (QED) is 0.836.